The summed E-state index contributed by atoms with van der Waals surface area (Å²) in [5.41, 5.74) is 1.70. The first-order valence-electron chi connectivity index (χ1n) is 9.10. The normalized spacial score (nSPS) is 18.7. The van der Waals surface area contributed by atoms with Gasteiger partial charge in [-0.1, -0.05) is 13.8 Å². The van der Waals surface area contributed by atoms with Gasteiger partial charge in [0.25, 0.3) is 0 Å². The Morgan fingerprint density at radius 2 is 2.15 bits per heavy atom. The number of amides is 2. The lowest BCUT2D eigenvalue weighted by Crippen LogP contribution is -2.45. The number of aromatic nitrogens is 1. The van der Waals surface area contributed by atoms with E-state index in [1.54, 1.807) is 30.1 Å². The van der Waals surface area contributed by atoms with Crippen LogP contribution in [0, 0.1) is 11.8 Å². The van der Waals surface area contributed by atoms with E-state index >= 15 is 0 Å². The van der Waals surface area contributed by atoms with Gasteiger partial charge in [-0.05, 0) is 31.4 Å². The van der Waals surface area contributed by atoms with Crippen LogP contribution in [-0.4, -0.2) is 34.4 Å². The maximum absolute atomic E-state index is 12.6. The number of carbonyl (C=O) groups excluding carboxylic acids is 2. The number of piperidine rings is 1. The minimum Gasteiger partial charge on any atom is -0.408 e. The molecule has 2 aromatic rings. The molecule has 0 radical (unpaired) electrons. The third kappa shape index (κ3) is 3.52. The Labute approximate surface area is 152 Å². The van der Waals surface area contributed by atoms with Crippen molar-refractivity contribution in [3.63, 3.8) is 0 Å². The Hall–Kier alpha value is -2.57. The number of fused-ring (bicyclic) bond motifs is 1. The van der Waals surface area contributed by atoms with Gasteiger partial charge < -0.3 is 14.6 Å². The van der Waals surface area contributed by atoms with Crippen LogP contribution in [0.25, 0.3) is 11.1 Å². The Balaban J connectivity index is 1.69. The third-order valence-electron chi connectivity index (χ3n) is 5.20. The van der Waals surface area contributed by atoms with Crippen LogP contribution in [0.4, 0.5) is 5.69 Å². The van der Waals surface area contributed by atoms with Gasteiger partial charge >= 0.3 is 5.76 Å². The molecule has 1 aromatic heterocycles. The number of rotatable bonds is 4. The molecule has 1 aliphatic heterocycles. The van der Waals surface area contributed by atoms with Crippen LogP contribution in [0.2, 0.25) is 0 Å². The van der Waals surface area contributed by atoms with E-state index < -0.39 is 5.76 Å². The molecule has 1 saturated heterocycles. The van der Waals surface area contributed by atoms with Crippen LogP contribution in [0.3, 0.4) is 0 Å². The third-order valence-corrected chi connectivity index (χ3v) is 5.20. The summed E-state index contributed by atoms with van der Waals surface area (Å²) in [5.74, 6) is -0.660. The first kappa shape index (κ1) is 18.2. The lowest BCUT2D eigenvalue weighted by molar-refractivity contribution is -0.138. The van der Waals surface area contributed by atoms with Crippen molar-refractivity contribution in [3.05, 3.63) is 28.7 Å². The summed E-state index contributed by atoms with van der Waals surface area (Å²) in [7, 11) is 1.64. The van der Waals surface area contributed by atoms with E-state index in [1.807, 2.05) is 13.8 Å². The smallest absolute Gasteiger partial charge is 0.408 e. The maximum Gasteiger partial charge on any atom is 0.419 e. The molecule has 1 aromatic carbocycles. The van der Waals surface area contributed by atoms with Gasteiger partial charge in [0.15, 0.2) is 5.58 Å². The number of oxazole rings is 1. The van der Waals surface area contributed by atoms with Gasteiger partial charge in [0, 0.05) is 37.8 Å². The monoisotopic (exact) mass is 359 g/mol. The molecule has 2 atom stereocenters. The molecule has 0 saturated carbocycles. The summed E-state index contributed by atoms with van der Waals surface area (Å²) in [6.45, 7) is 5.09. The lowest BCUT2D eigenvalue weighted by atomic mass is 9.95. The molecule has 3 rings (SSSR count). The van der Waals surface area contributed by atoms with E-state index in [2.05, 4.69) is 5.32 Å². The van der Waals surface area contributed by atoms with E-state index in [4.69, 9.17) is 4.42 Å². The van der Waals surface area contributed by atoms with Crippen molar-refractivity contribution in [2.75, 3.05) is 18.4 Å². The zero-order chi connectivity index (χ0) is 18.8. The number of carbonyl (C=O) groups is 2. The van der Waals surface area contributed by atoms with Crippen molar-refractivity contribution in [3.8, 4) is 0 Å². The molecule has 2 heterocycles. The number of anilines is 1. The second-order valence-electron chi connectivity index (χ2n) is 7.03. The first-order chi connectivity index (χ1) is 12.4. The molecule has 1 aliphatic rings. The number of hydrogen-bond donors (Lipinski definition) is 1. The van der Waals surface area contributed by atoms with E-state index in [0.29, 0.717) is 29.9 Å². The van der Waals surface area contributed by atoms with Crippen LogP contribution < -0.4 is 11.1 Å². The fourth-order valence-corrected chi connectivity index (χ4v) is 3.33. The highest BCUT2D eigenvalue weighted by Crippen LogP contribution is 2.22. The Kier molecular flexibility index (Phi) is 5.15. The van der Waals surface area contributed by atoms with Crippen molar-refractivity contribution in [1.82, 2.24) is 9.47 Å². The fourth-order valence-electron chi connectivity index (χ4n) is 3.33. The number of nitrogens with one attached hydrogen (secondary N) is 1. The van der Waals surface area contributed by atoms with Gasteiger partial charge in [0.05, 0.1) is 11.4 Å². The Morgan fingerprint density at radius 1 is 1.38 bits per heavy atom. The standard InChI is InChI=1S/C19H25N3O4/c1-4-12(2)18(24)22-9-5-6-13(11-22)17(23)20-14-7-8-15-16(10-14)26-19(25)21(15)3/h7-8,10,12-13H,4-6,9,11H2,1-3H3,(H,20,23)/t12-,13+/m1/s1. The van der Waals surface area contributed by atoms with Crippen molar-refractivity contribution >= 4 is 28.6 Å². The highest BCUT2D eigenvalue weighted by molar-refractivity contribution is 5.94. The van der Waals surface area contributed by atoms with Gasteiger partial charge in [-0.25, -0.2) is 4.79 Å². The minimum absolute atomic E-state index is 0.0137. The predicted molar refractivity (Wildman–Crippen MR) is 98.8 cm³/mol. The van der Waals surface area contributed by atoms with Crippen LogP contribution in [0.15, 0.2) is 27.4 Å². The van der Waals surface area contributed by atoms with Crippen LogP contribution in [0.1, 0.15) is 33.1 Å². The molecule has 7 heteroatoms. The quantitative estimate of drug-likeness (QED) is 0.908. The molecule has 140 valence electrons. The molecule has 26 heavy (non-hydrogen) atoms. The highest BCUT2D eigenvalue weighted by atomic mass is 16.4. The molecule has 7 nitrogen and oxygen atoms in total. The highest BCUT2D eigenvalue weighted by Gasteiger charge is 2.30. The van der Waals surface area contributed by atoms with Gasteiger partial charge in [-0.15, -0.1) is 0 Å². The fraction of sp³-hybridized carbons (Fsp3) is 0.526. The zero-order valence-corrected chi connectivity index (χ0v) is 15.4. The van der Waals surface area contributed by atoms with Crippen molar-refractivity contribution in [2.45, 2.75) is 33.1 Å². The van der Waals surface area contributed by atoms with Gasteiger partial charge in [-0.2, -0.15) is 0 Å². The number of likely N-dealkylation sites (tertiary alicyclic amines) is 1. The van der Waals surface area contributed by atoms with E-state index in [-0.39, 0.29) is 23.7 Å². The molecule has 1 fully saturated rings. The first-order valence-corrected chi connectivity index (χ1v) is 9.10. The molecule has 0 bridgehead atoms. The predicted octanol–water partition coefficient (Wildman–Crippen LogP) is 2.35. The second-order valence-corrected chi connectivity index (χ2v) is 7.03. The Bertz CT molecular complexity index is 883. The Morgan fingerprint density at radius 3 is 2.88 bits per heavy atom. The van der Waals surface area contributed by atoms with E-state index in [1.165, 1.54) is 4.57 Å². The number of nitrogens with zero attached hydrogens (tertiary/aromatic N) is 2. The van der Waals surface area contributed by atoms with Crippen LogP contribution in [-0.2, 0) is 16.6 Å². The number of hydrogen-bond acceptors (Lipinski definition) is 4. The summed E-state index contributed by atoms with van der Waals surface area (Å²) in [4.78, 5) is 38.4. The van der Waals surface area contributed by atoms with Crippen LogP contribution in [0.5, 0.6) is 0 Å². The molecule has 0 spiro atoms. The summed E-state index contributed by atoms with van der Waals surface area (Å²) in [5, 5.41) is 2.89. The summed E-state index contributed by atoms with van der Waals surface area (Å²) < 4.78 is 6.57. The average Bonchev–Trinajstić information content (AvgIpc) is 2.94. The maximum atomic E-state index is 12.6. The van der Waals surface area contributed by atoms with Gasteiger partial charge in [0.1, 0.15) is 0 Å². The van der Waals surface area contributed by atoms with Crippen molar-refractivity contribution < 1.29 is 14.0 Å². The van der Waals surface area contributed by atoms with Gasteiger partial charge in [-0.3, -0.25) is 14.2 Å². The van der Waals surface area contributed by atoms with E-state index in [9.17, 15) is 14.4 Å². The molecule has 1 N–H and O–H groups in total. The molecular weight excluding hydrogens is 334 g/mol. The van der Waals surface area contributed by atoms with Crippen LogP contribution >= 0.6 is 0 Å². The SMILES string of the molecule is CC[C@@H](C)C(=O)N1CCC[C@H](C(=O)Nc2ccc3c(c2)oc(=O)n3C)C1. The van der Waals surface area contributed by atoms with E-state index in [0.717, 1.165) is 19.3 Å². The number of aryl methyl sites for hydroxylation is 1. The average molecular weight is 359 g/mol. The molecule has 2 amide bonds. The van der Waals surface area contributed by atoms with Gasteiger partial charge in [0.2, 0.25) is 11.8 Å². The molecular formula is C19H25N3O4. The lowest BCUT2D eigenvalue weighted by Gasteiger charge is -2.33. The summed E-state index contributed by atoms with van der Waals surface area (Å²) >= 11 is 0. The zero-order valence-electron chi connectivity index (χ0n) is 15.4. The second kappa shape index (κ2) is 7.35. The number of benzene rings is 1. The van der Waals surface area contributed by atoms with Crippen molar-refractivity contribution in [1.29, 1.82) is 0 Å². The summed E-state index contributed by atoms with van der Waals surface area (Å²) in [6, 6.07) is 5.15. The van der Waals surface area contributed by atoms with Crippen molar-refractivity contribution in [2.24, 2.45) is 18.9 Å². The largest absolute Gasteiger partial charge is 0.419 e. The topological polar surface area (TPSA) is 84.6 Å². The summed E-state index contributed by atoms with van der Waals surface area (Å²) in [6.07, 6.45) is 2.39. The molecule has 0 aliphatic carbocycles. The minimum atomic E-state index is -0.435. The molecule has 0 unspecified atom stereocenters.